The summed E-state index contributed by atoms with van der Waals surface area (Å²) in [6, 6.07) is 10.6. The molecule has 1 saturated heterocycles. The Morgan fingerprint density at radius 1 is 1.12 bits per heavy atom. The van der Waals surface area contributed by atoms with E-state index in [0.717, 1.165) is 5.56 Å². The van der Waals surface area contributed by atoms with Gasteiger partial charge in [0.05, 0.1) is 34.5 Å². The maximum Gasteiger partial charge on any atom is 0.262 e. The van der Waals surface area contributed by atoms with Gasteiger partial charge in [-0.15, -0.1) is 0 Å². The summed E-state index contributed by atoms with van der Waals surface area (Å²) >= 11 is 6.38. The van der Waals surface area contributed by atoms with Crippen molar-refractivity contribution in [3.8, 4) is 0 Å². The molecule has 0 spiro atoms. The Hall–Kier alpha value is -1.76. The van der Waals surface area contributed by atoms with Crippen LogP contribution in [0.3, 0.4) is 0 Å². The maximum atomic E-state index is 12.9. The molecule has 1 aliphatic heterocycles. The van der Waals surface area contributed by atoms with Crippen LogP contribution in [0.2, 0.25) is 5.02 Å². The predicted molar refractivity (Wildman–Crippen MR) is 101 cm³/mol. The fraction of sp³-hybridized carbons (Fsp3) is 0.333. The molecule has 1 heterocycles. The molecule has 0 unspecified atom stereocenters. The third-order valence-corrected chi connectivity index (χ3v) is 6.00. The van der Waals surface area contributed by atoms with Crippen LogP contribution in [0.4, 0.5) is 11.4 Å². The minimum Gasteiger partial charge on any atom is -0.378 e. The van der Waals surface area contributed by atoms with E-state index in [9.17, 15) is 8.42 Å². The summed E-state index contributed by atoms with van der Waals surface area (Å²) in [6.45, 7) is 6.18. The average molecular weight is 381 g/mol. The fourth-order valence-electron chi connectivity index (χ4n) is 2.90. The Morgan fingerprint density at radius 3 is 2.56 bits per heavy atom. The van der Waals surface area contributed by atoms with E-state index in [1.54, 1.807) is 31.2 Å². The first-order valence-electron chi connectivity index (χ1n) is 8.10. The molecule has 2 aromatic rings. The van der Waals surface area contributed by atoms with Gasteiger partial charge >= 0.3 is 0 Å². The fourth-order valence-corrected chi connectivity index (χ4v) is 4.59. The maximum absolute atomic E-state index is 12.9. The van der Waals surface area contributed by atoms with Crippen molar-refractivity contribution in [3.05, 3.63) is 52.5 Å². The Balaban J connectivity index is 2.00. The molecular weight excluding hydrogens is 360 g/mol. The van der Waals surface area contributed by atoms with E-state index in [0.29, 0.717) is 48.3 Å². The number of nitrogens with zero attached hydrogens (tertiary/aromatic N) is 1. The second-order valence-electron chi connectivity index (χ2n) is 6.11. The number of ether oxygens (including phenoxy) is 1. The molecule has 0 amide bonds. The average Bonchev–Trinajstić information content (AvgIpc) is 2.57. The van der Waals surface area contributed by atoms with Gasteiger partial charge in [0.2, 0.25) is 0 Å². The van der Waals surface area contributed by atoms with E-state index < -0.39 is 10.0 Å². The summed E-state index contributed by atoms with van der Waals surface area (Å²) in [6.07, 6.45) is 0. The molecule has 0 aromatic heterocycles. The number of halogens is 1. The third kappa shape index (κ3) is 3.92. The van der Waals surface area contributed by atoms with E-state index >= 15 is 0 Å². The number of aryl methyl sites for hydroxylation is 2. The molecular formula is C18H21ClN2O3S. The largest absolute Gasteiger partial charge is 0.378 e. The molecule has 0 bridgehead atoms. The van der Waals surface area contributed by atoms with Crippen molar-refractivity contribution in [1.29, 1.82) is 0 Å². The molecule has 3 rings (SSSR count). The SMILES string of the molecule is Cc1ccc(C)c(S(=O)(=O)Nc2cccc(Cl)c2N2CCOCC2)c1. The van der Waals surface area contributed by atoms with E-state index in [1.165, 1.54) is 0 Å². The first-order valence-corrected chi connectivity index (χ1v) is 9.96. The summed E-state index contributed by atoms with van der Waals surface area (Å²) in [5, 5.41) is 0.517. The van der Waals surface area contributed by atoms with Crippen LogP contribution in [-0.4, -0.2) is 34.7 Å². The quantitative estimate of drug-likeness (QED) is 0.880. The normalized spacial score (nSPS) is 15.2. The summed E-state index contributed by atoms with van der Waals surface area (Å²) in [7, 11) is -3.71. The first-order chi connectivity index (χ1) is 11.9. The van der Waals surface area contributed by atoms with Gasteiger partial charge in [-0.2, -0.15) is 0 Å². The van der Waals surface area contributed by atoms with Gasteiger partial charge in [-0.05, 0) is 43.2 Å². The molecule has 0 saturated carbocycles. The highest BCUT2D eigenvalue weighted by Gasteiger charge is 2.23. The van der Waals surface area contributed by atoms with E-state index in [4.69, 9.17) is 16.3 Å². The zero-order valence-corrected chi connectivity index (χ0v) is 15.8. The number of nitrogens with one attached hydrogen (secondary N) is 1. The van der Waals surface area contributed by atoms with Gasteiger partial charge in [-0.1, -0.05) is 29.8 Å². The Labute approximate surface area is 153 Å². The smallest absolute Gasteiger partial charge is 0.262 e. The number of para-hydroxylation sites is 1. The summed E-state index contributed by atoms with van der Waals surface area (Å²) < 4.78 is 33.9. The van der Waals surface area contributed by atoms with Crippen LogP contribution in [0, 0.1) is 13.8 Å². The predicted octanol–water partition coefficient (Wildman–Crippen LogP) is 3.59. The number of anilines is 2. The second-order valence-corrected chi connectivity index (χ2v) is 8.17. The molecule has 7 heteroatoms. The van der Waals surface area contributed by atoms with Crippen LogP contribution < -0.4 is 9.62 Å². The molecule has 1 fully saturated rings. The minimum atomic E-state index is -3.71. The number of sulfonamides is 1. The Kier molecular flexibility index (Phi) is 5.22. The van der Waals surface area contributed by atoms with Crippen molar-refractivity contribution in [2.24, 2.45) is 0 Å². The van der Waals surface area contributed by atoms with Gasteiger partial charge < -0.3 is 9.64 Å². The van der Waals surface area contributed by atoms with Crippen LogP contribution in [0.25, 0.3) is 0 Å². The number of morpholine rings is 1. The third-order valence-electron chi connectivity index (χ3n) is 4.19. The lowest BCUT2D eigenvalue weighted by Gasteiger charge is -2.31. The van der Waals surface area contributed by atoms with Crippen LogP contribution >= 0.6 is 11.6 Å². The lowest BCUT2D eigenvalue weighted by molar-refractivity contribution is 0.123. The summed E-state index contributed by atoms with van der Waals surface area (Å²) in [5.41, 5.74) is 2.77. The monoisotopic (exact) mass is 380 g/mol. The molecule has 1 aliphatic rings. The molecule has 1 N–H and O–H groups in total. The Bertz CT molecular complexity index is 878. The Morgan fingerprint density at radius 2 is 1.84 bits per heavy atom. The summed E-state index contributed by atoms with van der Waals surface area (Å²) in [4.78, 5) is 2.33. The van der Waals surface area contributed by atoms with Crippen molar-refractivity contribution in [1.82, 2.24) is 0 Å². The molecule has 5 nitrogen and oxygen atoms in total. The van der Waals surface area contributed by atoms with Gasteiger partial charge in [-0.25, -0.2) is 8.42 Å². The van der Waals surface area contributed by atoms with Crippen molar-refractivity contribution in [2.75, 3.05) is 35.9 Å². The molecule has 25 heavy (non-hydrogen) atoms. The van der Waals surface area contributed by atoms with E-state index in [2.05, 4.69) is 4.72 Å². The van der Waals surface area contributed by atoms with Gasteiger partial charge in [0.25, 0.3) is 10.0 Å². The molecule has 0 radical (unpaired) electrons. The molecule has 134 valence electrons. The highest BCUT2D eigenvalue weighted by atomic mass is 35.5. The molecule has 2 aromatic carbocycles. The molecule has 0 aliphatic carbocycles. The number of benzene rings is 2. The zero-order chi connectivity index (χ0) is 18.0. The van der Waals surface area contributed by atoms with Crippen molar-refractivity contribution in [2.45, 2.75) is 18.7 Å². The lowest BCUT2D eigenvalue weighted by Crippen LogP contribution is -2.37. The highest BCUT2D eigenvalue weighted by molar-refractivity contribution is 7.92. The standard InChI is InChI=1S/C18H21ClN2O3S/c1-13-6-7-14(2)17(12-13)25(22,23)20-16-5-3-4-15(19)18(16)21-8-10-24-11-9-21/h3-7,12,20H,8-11H2,1-2H3. The summed E-state index contributed by atoms with van der Waals surface area (Å²) in [5.74, 6) is 0. The van der Waals surface area contributed by atoms with Crippen molar-refractivity contribution >= 4 is 33.0 Å². The minimum absolute atomic E-state index is 0.278. The van der Waals surface area contributed by atoms with Crippen molar-refractivity contribution < 1.29 is 13.2 Å². The van der Waals surface area contributed by atoms with Gasteiger partial charge in [0.1, 0.15) is 0 Å². The van der Waals surface area contributed by atoms with Gasteiger partial charge in [0, 0.05) is 13.1 Å². The van der Waals surface area contributed by atoms with Crippen LogP contribution in [0.1, 0.15) is 11.1 Å². The van der Waals surface area contributed by atoms with Crippen LogP contribution in [-0.2, 0) is 14.8 Å². The number of rotatable bonds is 4. The van der Waals surface area contributed by atoms with Gasteiger partial charge in [0.15, 0.2) is 0 Å². The number of hydrogen-bond donors (Lipinski definition) is 1. The van der Waals surface area contributed by atoms with E-state index in [-0.39, 0.29) is 4.90 Å². The molecule has 0 atom stereocenters. The van der Waals surface area contributed by atoms with Crippen molar-refractivity contribution in [3.63, 3.8) is 0 Å². The topological polar surface area (TPSA) is 58.6 Å². The lowest BCUT2D eigenvalue weighted by atomic mass is 10.2. The van der Waals surface area contributed by atoms with Crippen LogP contribution in [0.15, 0.2) is 41.3 Å². The second kappa shape index (κ2) is 7.23. The zero-order valence-electron chi connectivity index (χ0n) is 14.3. The number of hydrogen-bond acceptors (Lipinski definition) is 4. The van der Waals surface area contributed by atoms with E-state index in [1.807, 2.05) is 24.0 Å². The first kappa shape index (κ1) is 18.0. The highest BCUT2D eigenvalue weighted by Crippen LogP contribution is 2.36. The van der Waals surface area contributed by atoms with Gasteiger partial charge in [-0.3, -0.25) is 4.72 Å². The van der Waals surface area contributed by atoms with Crippen LogP contribution in [0.5, 0.6) is 0 Å².